The second-order valence-electron chi connectivity index (χ2n) is 12.2. The Morgan fingerprint density at radius 2 is 1.74 bits per heavy atom. The molecule has 11 atom stereocenters. The molecular weight excluding hydrogens is 436 g/mol. The number of carbonyl (C=O) groups excluding carboxylic acids is 2. The summed E-state index contributed by atoms with van der Waals surface area (Å²) in [6, 6.07) is 0. The molecule has 0 radical (unpaired) electrons. The summed E-state index contributed by atoms with van der Waals surface area (Å²) >= 11 is 0. The predicted molar refractivity (Wildman–Crippen MR) is 126 cm³/mol. The molecule has 0 aromatic carbocycles. The van der Waals surface area contributed by atoms with E-state index in [4.69, 9.17) is 14.2 Å². The molecule has 4 fully saturated rings. The van der Waals surface area contributed by atoms with Crippen LogP contribution in [0.3, 0.4) is 0 Å². The van der Waals surface area contributed by atoms with E-state index in [0.29, 0.717) is 24.7 Å². The molecule has 0 heterocycles. The Balaban J connectivity index is 1.53. The third-order valence-corrected chi connectivity index (χ3v) is 11.0. The monoisotopic (exact) mass is 480 g/mol. The molecule has 0 unspecified atom stereocenters. The summed E-state index contributed by atoms with van der Waals surface area (Å²) < 4.78 is 15.0. The van der Waals surface area contributed by atoms with Crippen molar-refractivity contribution in [3.63, 3.8) is 0 Å². The molecule has 4 saturated carbocycles. The lowest BCUT2D eigenvalue weighted by atomic mass is 9.43. The molecule has 7 nitrogen and oxygen atoms in total. The normalized spacial score (nSPS) is 46.4. The third kappa shape index (κ3) is 4.15. The van der Waals surface area contributed by atoms with E-state index >= 15 is 0 Å². The van der Waals surface area contributed by atoms with Gasteiger partial charge in [0, 0.05) is 6.42 Å². The van der Waals surface area contributed by atoms with Crippen LogP contribution in [0.2, 0.25) is 0 Å². The lowest BCUT2D eigenvalue weighted by molar-refractivity contribution is -0.207. The fourth-order valence-corrected chi connectivity index (χ4v) is 9.05. The Hall–Kier alpha value is -1.34. The van der Waals surface area contributed by atoms with Crippen LogP contribution in [0.5, 0.6) is 0 Å². The van der Waals surface area contributed by atoms with Crippen molar-refractivity contribution in [2.24, 2.45) is 46.3 Å². The Morgan fingerprint density at radius 3 is 2.41 bits per heavy atom. The molecule has 0 spiro atoms. The van der Waals surface area contributed by atoms with Gasteiger partial charge in [-0.05, 0) is 97.7 Å². The first-order valence-electron chi connectivity index (χ1n) is 13.2. The molecule has 0 saturated heterocycles. The van der Waals surface area contributed by atoms with Crippen LogP contribution in [0.25, 0.3) is 0 Å². The largest absolute Gasteiger partial charge is 0.508 e. The molecule has 4 aliphatic carbocycles. The van der Waals surface area contributed by atoms with E-state index in [0.717, 1.165) is 44.9 Å². The van der Waals surface area contributed by atoms with Gasteiger partial charge in [-0.15, -0.1) is 0 Å². The van der Waals surface area contributed by atoms with Gasteiger partial charge in [-0.3, -0.25) is 4.79 Å². The number of methoxy groups -OCH3 is 2. The summed E-state index contributed by atoms with van der Waals surface area (Å²) in [5.74, 6) is 1.46. The van der Waals surface area contributed by atoms with Crippen molar-refractivity contribution < 1.29 is 34.0 Å². The van der Waals surface area contributed by atoms with Crippen LogP contribution in [0, 0.1) is 46.3 Å². The van der Waals surface area contributed by atoms with E-state index in [1.807, 2.05) is 0 Å². The van der Waals surface area contributed by atoms with Gasteiger partial charge in [-0.2, -0.15) is 0 Å². The minimum atomic E-state index is -0.634. The van der Waals surface area contributed by atoms with Gasteiger partial charge in [0.25, 0.3) is 0 Å². The van der Waals surface area contributed by atoms with Crippen molar-refractivity contribution >= 4 is 12.1 Å². The lowest BCUT2D eigenvalue weighted by Gasteiger charge is -2.63. The van der Waals surface area contributed by atoms with Crippen molar-refractivity contribution in [2.45, 2.75) is 96.9 Å². The molecule has 4 aliphatic rings. The molecule has 0 aromatic heterocycles. The smallest absolute Gasteiger partial charge is 0.469 e. The Morgan fingerprint density at radius 1 is 1.00 bits per heavy atom. The Labute approximate surface area is 203 Å². The average Bonchev–Trinajstić information content (AvgIpc) is 3.17. The van der Waals surface area contributed by atoms with Crippen molar-refractivity contribution in [1.82, 2.24) is 0 Å². The number of aliphatic hydroxyl groups excluding tert-OH is 2. The van der Waals surface area contributed by atoms with E-state index in [9.17, 15) is 19.8 Å². The van der Waals surface area contributed by atoms with Gasteiger partial charge in [-0.1, -0.05) is 20.8 Å². The molecule has 0 amide bonds. The minimum Gasteiger partial charge on any atom is -0.469 e. The highest BCUT2D eigenvalue weighted by Gasteiger charge is 2.65. The SMILES string of the molecule is COC(=O)CC[C@H](C)[C@@H]1CC[C@@H]2[C@@H]3[C@H](O)C[C@@H]4C[C@H](OC(=O)OC)CC[C@]4(C)[C@@H]3C[C@H](O)[C@]21C. The van der Waals surface area contributed by atoms with Gasteiger partial charge in [0.15, 0.2) is 0 Å². The average molecular weight is 481 g/mol. The molecule has 0 aromatic rings. The topological polar surface area (TPSA) is 102 Å². The van der Waals surface area contributed by atoms with E-state index in [2.05, 4.69) is 20.8 Å². The van der Waals surface area contributed by atoms with Crippen LogP contribution in [0.15, 0.2) is 0 Å². The van der Waals surface area contributed by atoms with Crippen LogP contribution in [0.4, 0.5) is 4.79 Å². The number of hydrogen-bond donors (Lipinski definition) is 2. The molecule has 7 heteroatoms. The second kappa shape index (κ2) is 9.61. The zero-order valence-electron chi connectivity index (χ0n) is 21.5. The Bertz CT molecular complexity index is 770. The molecule has 4 rings (SSSR count). The van der Waals surface area contributed by atoms with Crippen LogP contribution in [-0.4, -0.2) is 54.9 Å². The fraction of sp³-hybridized carbons (Fsp3) is 0.926. The standard InChI is InChI=1S/C27H44O7/c1-15(6-9-23(30)32-4)18-7-8-19-24-20(14-22(29)27(18,19)3)26(2)11-10-17(34-25(31)33-5)12-16(26)13-21(24)28/h15-22,24,28-29H,6-14H2,1-5H3/t15-,16-,17+,18-,19+,20+,21+,22-,24-,26-,27-/m0/s1. The second-order valence-corrected chi connectivity index (χ2v) is 12.2. The number of carbonyl (C=O) groups is 2. The van der Waals surface area contributed by atoms with Gasteiger partial charge in [0.1, 0.15) is 6.10 Å². The van der Waals surface area contributed by atoms with Crippen molar-refractivity contribution in [2.75, 3.05) is 14.2 Å². The van der Waals surface area contributed by atoms with Crippen LogP contribution in [-0.2, 0) is 19.0 Å². The summed E-state index contributed by atoms with van der Waals surface area (Å²) in [7, 11) is 2.76. The number of fused-ring (bicyclic) bond motifs is 5. The van der Waals surface area contributed by atoms with Gasteiger partial charge < -0.3 is 24.4 Å². The van der Waals surface area contributed by atoms with Crippen molar-refractivity contribution in [3.05, 3.63) is 0 Å². The highest BCUT2D eigenvalue weighted by atomic mass is 16.7. The van der Waals surface area contributed by atoms with Crippen molar-refractivity contribution in [1.29, 1.82) is 0 Å². The summed E-state index contributed by atoms with van der Waals surface area (Å²) in [6.45, 7) is 6.79. The summed E-state index contributed by atoms with van der Waals surface area (Å²) in [5, 5.41) is 23.1. The summed E-state index contributed by atoms with van der Waals surface area (Å²) in [6.07, 6.45) is 5.53. The fourth-order valence-electron chi connectivity index (χ4n) is 9.05. The third-order valence-electron chi connectivity index (χ3n) is 11.0. The number of rotatable bonds is 5. The maximum absolute atomic E-state index is 11.7. The molecule has 34 heavy (non-hydrogen) atoms. The van der Waals surface area contributed by atoms with Crippen LogP contribution in [0.1, 0.15) is 78.6 Å². The van der Waals surface area contributed by atoms with Gasteiger partial charge in [0.05, 0.1) is 26.4 Å². The maximum Gasteiger partial charge on any atom is 0.508 e. The van der Waals surface area contributed by atoms with Crippen molar-refractivity contribution in [3.8, 4) is 0 Å². The summed E-state index contributed by atoms with van der Waals surface area (Å²) in [4.78, 5) is 23.4. The first kappa shape index (κ1) is 25.7. The molecule has 0 bridgehead atoms. The number of ether oxygens (including phenoxy) is 3. The minimum absolute atomic E-state index is 0.0246. The van der Waals surface area contributed by atoms with E-state index in [1.54, 1.807) is 0 Å². The number of aliphatic hydroxyl groups is 2. The molecule has 194 valence electrons. The van der Waals surface area contributed by atoms with Crippen LogP contribution >= 0.6 is 0 Å². The quantitative estimate of drug-likeness (QED) is 0.565. The summed E-state index contributed by atoms with van der Waals surface area (Å²) in [5.41, 5.74) is -0.219. The van der Waals surface area contributed by atoms with Gasteiger partial charge in [-0.25, -0.2) is 4.79 Å². The van der Waals surface area contributed by atoms with Gasteiger partial charge >= 0.3 is 12.1 Å². The zero-order chi connectivity index (χ0) is 24.8. The highest BCUT2D eigenvalue weighted by Crippen LogP contribution is 2.68. The number of hydrogen-bond acceptors (Lipinski definition) is 7. The zero-order valence-corrected chi connectivity index (χ0v) is 21.5. The Kier molecular flexibility index (Phi) is 7.27. The van der Waals surface area contributed by atoms with Gasteiger partial charge in [0.2, 0.25) is 0 Å². The first-order valence-corrected chi connectivity index (χ1v) is 13.2. The highest BCUT2D eigenvalue weighted by molar-refractivity contribution is 5.69. The molecular formula is C27H44O7. The van der Waals surface area contributed by atoms with E-state index in [1.165, 1.54) is 14.2 Å². The maximum atomic E-state index is 11.7. The lowest BCUT2D eigenvalue weighted by Crippen LogP contribution is -2.62. The molecule has 2 N–H and O–H groups in total. The molecule has 0 aliphatic heterocycles. The predicted octanol–water partition coefficient (Wildman–Crippen LogP) is 4.33. The van der Waals surface area contributed by atoms with E-state index in [-0.39, 0.29) is 46.6 Å². The van der Waals surface area contributed by atoms with Crippen LogP contribution < -0.4 is 0 Å². The number of esters is 1. The van der Waals surface area contributed by atoms with E-state index < -0.39 is 18.4 Å². The first-order chi connectivity index (χ1) is 16.1.